The molecule has 0 spiro atoms. The van der Waals surface area contributed by atoms with E-state index in [-0.39, 0.29) is 19.4 Å². The highest BCUT2D eigenvalue weighted by molar-refractivity contribution is 7.46. The normalized spacial score (nSPS) is 13.3. The van der Waals surface area contributed by atoms with Crippen molar-refractivity contribution < 1.29 is 37.9 Å². The van der Waals surface area contributed by atoms with E-state index in [1.165, 1.54) is 89.9 Å². The molecular weight excluding hydrogens is 772 g/mol. The van der Waals surface area contributed by atoms with Crippen LogP contribution in [0.4, 0.5) is 0 Å². The zero-order valence-electron chi connectivity index (χ0n) is 37.8. The van der Waals surface area contributed by atoms with Gasteiger partial charge in [-0.05, 0) is 83.5 Å². The summed E-state index contributed by atoms with van der Waals surface area (Å²) < 4.78 is 26.4. The zero-order chi connectivity index (χ0) is 43.9. The minimum Gasteiger partial charge on any atom is -0.462 e. The van der Waals surface area contributed by atoms with Gasteiger partial charge < -0.3 is 19.3 Å². The molecule has 8 nitrogen and oxygen atoms in total. The van der Waals surface area contributed by atoms with Gasteiger partial charge in [0.25, 0.3) is 0 Å². The summed E-state index contributed by atoms with van der Waals surface area (Å²) in [6.07, 6.45) is 62.9. The molecule has 0 heterocycles. The van der Waals surface area contributed by atoms with Crippen LogP contribution in [0, 0.1) is 0 Å². The summed E-state index contributed by atoms with van der Waals surface area (Å²) >= 11 is 0. The van der Waals surface area contributed by atoms with Crippen LogP contribution in [-0.2, 0) is 28.2 Å². The average molecular weight is 857 g/mol. The molecule has 0 aliphatic heterocycles. The first-order chi connectivity index (χ1) is 29.3. The summed E-state index contributed by atoms with van der Waals surface area (Å²) in [7, 11) is -4.79. The van der Waals surface area contributed by atoms with Crippen LogP contribution in [0.3, 0.4) is 0 Å². The van der Waals surface area contributed by atoms with Gasteiger partial charge in [-0.25, -0.2) is 4.57 Å². The van der Waals surface area contributed by atoms with Gasteiger partial charge in [-0.15, -0.1) is 0 Å². The number of carbonyl (C=O) groups is 2. The lowest BCUT2D eigenvalue weighted by Gasteiger charge is -2.18. The van der Waals surface area contributed by atoms with Crippen LogP contribution in [0.25, 0.3) is 0 Å². The van der Waals surface area contributed by atoms with Gasteiger partial charge in [0.2, 0.25) is 0 Å². The molecule has 0 radical (unpaired) electrons. The molecule has 0 aromatic heterocycles. The monoisotopic (exact) mass is 857 g/mol. The van der Waals surface area contributed by atoms with Crippen LogP contribution in [0.15, 0.2) is 97.2 Å². The van der Waals surface area contributed by atoms with E-state index in [4.69, 9.17) is 19.3 Å². The van der Waals surface area contributed by atoms with Crippen LogP contribution in [0.1, 0.15) is 194 Å². The van der Waals surface area contributed by atoms with Gasteiger partial charge in [-0.1, -0.05) is 195 Å². The summed E-state index contributed by atoms with van der Waals surface area (Å²) in [5.74, 6) is -0.990. The molecule has 0 aromatic carbocycles. The zero-order valence-corrected chi connectivity index (χ0v) is 38.7. The fourth-order valence-corrected chi connectivity index (χ4v) is 6.50. The minimum atomic E-state index is -4.79. The smallest absolute Gasteiger partial charge is 0.462 e. The van der Waals surface area contributed by atoms with E-state index >= 15 is 0 Å². The molecule has 9 heteroatoms. The predicted molar refractivity (Wildman–Crippen MR) is 253 cm³/mol. The molecule has 0 aliphatic rings. The molecule has 0 saturated heterocycles. The van der Waals surface area contributed by atoms with Gasteiger partial charge in [-0.2, -0.15) is 0 Å². The lowest BCUT2D eigenvalue weighted by Crippen LogP contribution is -2.29. The molecule has 0 saturated carbocycles. The Morgan fingerprint density at radius 2 is 0.833 bits per heavy atom. The molecule has 1 unspecified atom stereocenters. The third-order valence-corrected chi connectivity index (χ3v) is 10.1. The van der Waals surface area contributed by atoms with Gasteiger partial charge in [0.05, 0.1) is 6.61 Å². The highest BCUT2D eigenvalue weighted by Crippen LogP contribution is 2.36. The molecule has 0 rings (SSSR count). The van der Waals surface area contributed by atoms with Crippen LogP contribution in [0.2, 0.25) is 0 Å². The lowest BCUT2D eigenvalue weighted by molar-refractivity contribution is -0.161. The predicted octanol–water partition coefficient (Wildman–Crippen LogP) is 15.0. The number of esters is 2. The fraction of sp³-hybridized carbons (Fsp3) is 0.647. The summed E-state index contributed by atoms with van der Waals surface area (Å²) in [6.45, 7) is 3.50. The maximum Gasteiger partial charge on any atom is 0.469 e. The van der Waals surface area contributed by atoms with E-state index in [1.807, 2.05) is 12.2 Å². The Morgan fingerprint density at radius 3 is 1.27 bits per heavy atom. The largest absolute Gasteiger partial charge is 0.469 e. The Bertz CT molecular complexity index is 1290. The number of phosphoric acid groups is 1. The number of unbranched alkanes of at least 4 members (excludes halogenated alkanes) is 16. The highest BCUT2D eigenvalue weighted by atomic mass is 31.2. The Morgan fingerprint density at radius 1 is 0.450 bits per heavy atom. The molecule has 0 amide bonds. The van der Waals surface area contributed by atoms with Crippen LogP contribution >= 0.6 is 7.82 Å². The molecule has 1 atom stereocenters. The minimum absolute atomic E-state index is 0.0815. The first-order valence-corrected chi connectivity index (χ1v) is 25.1. The Balaban J connectivity index is 3.98. The Kier molecular flexibility index (Phi) is 43.2. The standard InChI is InChI=1S/C51H85O8P/c1-3-5-7-9-11-13-15-17-19-21-23-24-25-26-28-29-31-33-35-37-39-41-43-45-50(52)57-47-49(48-58-60(54,55)56)59-51(53)46-44-42-40-38-36-34-32-30-27-22-20-18-16-14-12-10-8-6-4-2/h6,8,12,14-15,17-18,20-21,23,27,30,34,36,40,42,49H,3-5,7,9-11,13,16,19,22,24-26,28-29,31-33,35,37-39,41,43-48H2,1-2H3,(H2,54,55,56)/b8-6-,14-12-,17-15-,20-18-,23-21-,30-27-,36-34-,42-40-. The lowest BCUT2D eigenvalue weighted by atomic mass is 10.0. The summed E-state index contributed by atoms with van der Waals surface area (Å²) in [4.78, 5) is 43.0. The first kappa shape index (κ1) is 57.0. The van der Waals surface area contributed by atoms with Crippen LogP contribution in [0.5, 0.6) is 0 Å². The van der Waals surface area contributed by atoms with Crippen molar-refractivity contribution in [1.82, 2.24) is 0 Å². The second-order valence-electron chi connectivity index (χ2n) is 15.3. The quantitative estimate of drug-likeness (QED) is 0.0270. The number of allylic oxidation sites excluding steroid dienone is 16. The number of carbonyl (C=O) groups excluding carboxylic acids is 2. The second-order valence-corrected chi connectivity index (χ2v) is 16.6. The molecular formula is C51H85O8P. The average Bonchev–Trinajstić information content (AvgIpc) is 3.22. The molecule has 0 fully saturated rings. The van der Waals surface area contributed by atoms with Crippen molar-refractivity contribution >= 4 is 19.8 Å². The summed E-state index contributed by atoms with van der Waals surface area (Å²) in [5, 5.41) is 0. The van der Waals surface area contributed by atoms with E-state index < -0.39 is 32.5 Å². The third kappa shape index (κ3) is 47.6. The van der Waals surface area contributed by atoms with Crippen molar-refractivity contribution in [2.24, 2.45) is 0 Å². The number of phosphoric ester groups is 1. The van der Waals surface area contributed by atoms with Crippen molar-refractivity contribution in [2.45, 2.75) is 200 Å². The van der Waals surface area contributed by atoms with Crippen molar-refractivity contribution in [1.29, 1.82) is 0 Å². The molecule has 0 bridgehead atoms. The fourth-order valence-electron chi connectivity index (χ4n) is 6.14. The molecule has 2 N–H and O–H groups in total. The van der Waals surface area contributed by atoms with Crippen molar-refractivity contribution in [2.75, 3.05) is 13.2 Å². The number of rotatable bonds is 42. The van der Waals surface area contributed by atoms with E-state index in [0.717, 1.165) is 64.2 Å². The van der Waals surface area contributed by atoms with Crippen molar-refractivity contribution in [3.8, 4) is 0 Å². The van der Waals surface area contributed by atoms with Crippen molar-refractivity contribution in [3.05, 3.63) is 97.2 Å². The van der Waals surface area contributed by atoms with Gasteiger partial charge in [0.15, 0.2) is 6.10 Å². The van der Waals surface area contributed by atoms with Gasteiger partial charge in [0, 0.05) is 12.8 Å². The summed E-state index contributed by atoms with van der Waals surface area (Å²) in [6, 6.07) is 0. The molecule has 0 aromatic rings. The number of hydrogen-bond acceptors (Lipinski definition) is 6. The van der Waals surface area contributed by atoms with E-state index in [2.05, 4.69) is 103 Å². The topological polar surface area (TPSA) is 119 Å². The molecule has 60 heavy (non-hydrogen) atoms. The van der Waals surface area contributed by atoms with E-state index in [1.54, 1.807) is 0 Å². The molecule has 342 valence electrons. The van der Waals surface area contributed by atoms with Crippen LogP contribution in [-0.4, -0.2) is 41.0 Å². The number of hydrogen-bond donors (Lipinski definition) is 2. The summed E-state index contributed by atoms with van der Waals surface area (Å²) in [5.41, 5.74) is 0. The van der Waals surface area contributed by atoms with Crippen LogP contribution < -0.4 is 0 Å². The SMILES string of the molecule is CC/C=C\C/C=C\C/C=C\C/C=C\C/C=C\C/C=C\CCC(=O)OC(COC(=O)CCCCCCCCCCCCC/C=C\C/C=C\CCCCCCC)COP(=O)(O)O. The van der Waals surface area contributed by atoms with Crippen molar-refractivity contribution in [3.63, 3.8) is 0 Å². The maximum absolute atomic E-state index is 12.4. The molecule has 0 aliphatic carbocycles. The maximum atomic E-state index is 12.4. The Labute approximate surface area is 366 Å². The Hall–Kier alpha value is -3.03. The first-order valence-electron chi connectivity index (χ1n) is 23.5. The van der Waals surface area contributed by atoms with Gasteiger partial charge in [0.1, 0.15) is 6.61 Å². The highest BCUT2D eigenvalue weighted by Gasteiger charge is 2.22. The number of ether oxygens (including phenoxy) is 2. The van der Waals surface area contributed by atoms with Gasteiger partial charge in [-0.3, -0.25) is 14.1 Å². The second kappa shape index (κ2) is 45.5. The van der Waals surface area contributed by atoms with Gasteiger partial charge >= 0.3 is 19.8 Å². The van der Waals surface area contributed by atoms with E-state index in [0.29, 0.717) is 12.8 Å². The van der Waals surface area contributed by atoms with E-state index in [9.17, 15) is 14.2 Å². The third-order valence-electron chi connectivity index (χ3n) is 9.60.